The minimum atomic E-state index is -0.140. The first kappa shape index (κ1) is 14.2. The first-order valence-corrected chi connectivity index (χ1v) is 7.84. The first-order valence-electron chi connectivity index (χ1n) is 7.84. The predicted molar refractivity (Wildman–Crippen MR) is 87.8 cm³/mol. The van der Waals surface area contributed by atoms with Crippen LogP contribution in [0.4, 0.5) is 0 Å². The molecule has 4 rings (SSSR count). The Morgan fingerprint density at radius 3 is 3.09 bits per heavy atom. The fourth-order valence-corrected chi connectivity index (χ4v) is 3.15. The topological polar surface area (TPSA) is 51.2 Å². The number of hydrogen-bond acceptors (Lipinski definition) is 3. The van der Waals surface area contributed by atoms with E-state index in [0.717, 1.165) is 28.8 Å². The maximum Gasteiger partial charge on any atom is 0.270 e. The summed E-state index contributed by atoms with van der Waals surface area (Å²) in [5.74, 6) is -0.140. The zero-order valence-electron chi connectivity index (χ0n) is 13.1. The molecule has 23 heavy (non-hydrogen) atoms. The second kappa shape index (κ2) is 5.63. The Bertz CT molecular complexity index is 824. The molecular weight excluding hydrogens is 288 g/mol. The van der Waals surface area contributed by atoms with Crippen molar-refractivity contribution in [1.82, 2.24) is 10.3 Å². The highest BCUT2D eigenvalue weighted by Crippen LogP contribution is 2.23. The lowest BCUT2D eigenvalue weighted by Crippen LogP contribution is -2.24. The van der Waals surface area contributed by atoms with Gasteiger partial charge in [0.05, 0.1) is 13.2 Å². The van der Waals surface area contributed by atoms with Crippen LogP contribution in [0.3, 0.4) is 0 Å². The highest BCUT2D eigenvalue weighted by atomic mass is 16.5. The second-order valence-electron chi connectivity index (χ2n) is 6.05. The molecule has 1 aliphatic heterocycles. The van der Waals surface area contributed by atoms with Gasteiger partial charge in [-0.15, -0.1) is 0 Å². The van der Waals surface area contributed by atoms with Crippen LogP contribution < -0.4 is 5.32 Å². The number of fused-ring (bicyclic) bond motifs is 2. The van der Waals surface area contributed by atoms with Gasteiger partial charge in [-0.1, -0.05) is 24.3 Å². The summed E-state index contributed by atoms with van der Waals surface area (Å²) < 4.78 is 5.42. The highest BCUT2D eigenvalue weighted by Gasteiger charge is 2.18. The molecule has 0 saturated heterocycles. The van der Waals surface area contributed by atoms with E-state index < -0.39 is 0 Å². The molecule has 0 bridgehead atoms. The number of nitrogens with one attached hydrogen (secondary N) is 1. The van der Waals surface area contributed by atoms with Crippen LogP contribution in [0, 0.1) is 6.92 Å². The van der Waals surface area contributed by atoms with Crippen molar-refractivity contribution in [3.05, 3.63) is 69.5 Å². The van der Waals surface area contributed by atoms with E-state index in [9.17, 15) is 4.79 Å². The molecule has 1 N–H and O–H groups in total. The molecule has 1 aliphatic carbocycles. The van der Waals surface area contributed by atoms with E-state index in [-0.39, 0.29) is 5.91 Å². The number of nitrogens with zero attached hydrogens (tertiary/aromatic N) is 1. The maximum atomic E-state index is 12.4. The van der Waals surface area contributed by atoms with Crippen LogP contribution in [0.5, 0.6) is 0 Å². The number of benzene rings is 1. The Kier molecular flexibility index (Phi) is 3.46. The second-order valence-corrected chi connectivity index (χ2v) is 6.05. The Balaban J connectivity index is 1.48. The molecule has 116 valence electrons. The average Bonchev–Trinajstić information content (AvgIpc) is 3.20. The van der Waals surface area contributed by atoms with Crippen molar-refractivity contribution in [3.8, 4) is 0 Å². The largest absolute Gasteiger partial charge is 0.372 e. The standard InChI is InChI=1S/C19H18N2O2/c1-12-17-11-23-10-16(17)8-18(21-12)19(22)20-9-13-5-6-14-3-2-4-15(14)7-13/h2,4-8H,3,9-11H2,1H3,(H,20,22). The third kappa shape index (κ3) is 2.66. The molecule has 4 heteroatoms. The number of aromatic nitrogens is 1. The Hall–Kier alpha value is -2.46. The zero-order chi connectivity index (χ0) is 15.8. The number of pyridine rings is 1. The van der Waals surface area contributed by atoms with E-state index in [1.54, 1.807) is 0 Å². The number of rotatable bonds is 3. The van der Waals surface area contributed by atoms with Gasteiger partial charge in [0.15, 0.2) is 0 Å². The quantitative estimate of drug-likeness (QED) is 0.948. The molecule has 4 nitrogen and oxygen atoms in total. The van der Waals surface area contributed by atoms with Gasteiger partial charge in [-0.05, 0) is 47.7 Å². The Morgan fingerprint density at radius 1 is 1.26 bits per heavy atom. The van der Waals surface area contributed by atoms with Crippen molar-refractivity contribution in [2.24, 2.45) is 0 Å². The number of ether oxygens (including phenoxy) is 1. The lowest BCUT2D eigenvalue weighted by molar-refractivity contribution is 0.0945. The van der Waals surface area contributed by atoms with E-state index in [0.29, 0.717) is 25.5 Å². The Labute approximate surface area is 135 Å². The van der Waals surface area contributed by atoms with Crippen LogP contribution in [0.15, 0.2) is 30.3 Å². The summed E-state index contributed by atoms with van der Waals surface area (Å²) in [7, 11) is 0. The summed E-state index contributed by atoms with van der Waals surface area (Å²) in [6.45, 7) is 3.60. The fraction of sp³-hybridized carbons (Fsp3) is 0.263. The summed E-state index contributed by atoms with van der Waals surface area (Å²) in [5.41, 5.74) is 7.24. The van der Waals surface area contributed by atoms with Crippen molar-refractivity contribution in [1.29, 1.82) is 0 Å². The number of carbonyl (C=O) groups is 1. The molecule has 2 aromatic rings. The number of aryl methyl sites for hydroxylation is 1. The molecule has 1 aromatic heterocycles. The van der Waals surface area contributed by atoms with Crippen LogP contribution in [0.25, 0.3) is 6.08 Å². The molecule has 0 atom stereocenters. The SMILES string of the molecule is Cc1nc(C(=O)NCc2ccc3c(c2)C=CC3)cc2c1COC2. The van der Waals surface area contributed by atoms with Gasteiger partial charge in [0, 0.05) is 17.8 Å². The van der Waals surface area contributed by atoms with Gasteiger partial charge < -0.3 is 10.1 Å². The Morgan fingerprint density at radius 2 is 2.17 bits per heavy atom. The van der Waals surface area contributed by atoms with Crippen LogP contribution in [-0.2, 0) is 30.9 Å². The van der Waals surface area contributed by atoms with Crippen molar-refractivity contribution in [3.63, 3.8) is 0 Å². The van der Waals surface area contributed by atoms with E-state index in [2.05, 4.69) is 40.7 Å². The molecule has 0 radical (unpaired) electrons. The van der Waals surface area contributed by atoms with E-state index in [1.807, 2.05) is 13.0 Å². The molecule has 0 unspecified atom stereocenters. The minimum absolute atomic E-state index is 0.140. The van der Waals surface area contributed by atoms with Crippen molar-refractivity contribution in [2.75, 3.05) is 0 Å². The van der Waals surface area contributed by atoms with Crippen molar-refractivity contribution >= 4 is 12.0 Å². The molecule has 0 saturated carbocycles. The van der Waals surface area contributed by atoms with Gasteiger partial charge in [0.2, 0.25) is 0 Å². The first-order chi connectivity index (χ1) is 11.2. The number of hydrogen-bond donors (Lipinski definition) is 1. The lowest BCUT2D eigenvalue weighted by Gasteiger charge is -2.09. The highest BCUT2D eigenvalue weighted by molar-refractivity contribution is 5.92. The van der Waals surface area contributed by atoms with E-state index in [4.69, 9.17) is 4.74 Å². The predicted octanol–water partition coefficient (Wildman–Crippen LogP) is 2.92. The third-order valence-electron chi connectivity index (χ3n) is 4.46. The summed E-state index contributed by atoms with van der Waals surface area (Å²) in [5, 5.41) is 2.96. The van der Waals surface area contributed by atoms with E-state index in [1.165, 1.54) is 11.1 Å². The molecular formula is C19H18N2O2. The van der Waals surface area contributed by atoms with Crippen LogP contribution in [0.1, 0.15) is 44.0 Å². The molecule has 2 heterocycles. The molecule has 0 fully saturated rings. The van der Waals surface area contributed by atoms with Crippen LogP contribution >= 0.6 is 0 Å². The van der Waals surface area contributed by atoms with Crippen molar-refractivity contribution < 1.29 is 9.53 Å². The lowest BCUT2D eigenvalue weighted by atomic mass is 10.1. The van der Waals surface area contributed by atoms with Crippen molar-refractivity contribution in [2.45, 2.75) is 33.1 Å². The number of allylic oxidation sites excluding steroid dienone is 1. The van der Waals surface area contributed by atoms with Gasteiger partial charge in [-0.3, -0.25) is 4.79 Å². The van der Waals surface area contributed by atoms with Gasteiger partial charge in [0.1, 0.15) is 5.69 Å². The van der Waals surface area contributed by atoms with Gasteiger partial charge in [-0.25, -0.2) is 4.98 Å². The van der Waals surface area contributed by atoms with Gasteiger partial charge >= 0.3 is 0 Å². The van der Waals surface area contributed by atoms with Gasteiger partial charge in [0.25, 0.3) is 5.91 Å². The third-order valence-corrected chi connectivity index (χ3v) is 4.46. The number of carbonyl (C=O) groups excluding carboxylic acids is 1. The normalized spacial score (nSPS) is 14.7. The molecule has 1 amide bonds. The smallest absolute Gasteiger partial charge is 0.270 e. The van der Waals surface area contributed by atoms with E-state index >= 15 is 0 Å². The van der Waals surface area contributed by atoms with Gasteiger partial charge in [-0.2, -0.15) is 0 Å². The van der Waals surface area contributed by atoms with Crippen LogP contribution in [-0.4, -0.2) is 10.9 Å². The summed E-state index contributed by atoms with van der Waals surface area (Å²) in [4.78, 5) is 16.8. The molecule has 2 aliphatic rings. The summed E-state index contributed by atoms with van der Waals surface area (Å²) >= 11 is 0. The zero-order valence-corrected chi connectivity index (χ0v) is 13.1. The number of amides is 1. The van der Waals surface area contributed by atoms with Crippen LogP contribution in [0.2, 0.25) is 0 Å². The fourth-order valence-electron chi connectivity index (χ4n) is 3.15. The minimum Gasteiger partial charge on any atom is -0.372 e. The molecule has 0 spiro atoms. The average molecular weight is 306 g/mol. The molecule has 1 aromatic carbocycles. The summed E-state index contributed by atoms with van der Waals surface area (Å²) in [6.07, 6.45) is 5.29. The maximum absolute atomic E-state index is 12.4. The summed E-state index contributed by atoms with van der Waals surface area (Å²) in [6, 6.07) is 8.18. The monoisotopic (exact) mass is 306 g/mol.